The van der Waals surface area contributed by atoms with E-state index in [4.69, 9.17) is 4.52 Å². The molecule has 2 N–H and O–H groups in total. The Labute approximate surface area is 113 Å². The van der Waals surface area contributed by atoms with Crippen molar-refractivity contribution in [3.8, 4) is 0 Å². The van der Waals surface area contributed by atoms with E-state index < -0.39 is 14.9 Å². The zero-order valence-corrected chi connectivity index (χ0v) is 12.2. The Morgan fingerprint density at radius 3 is 2.53 bits per heavy atom. The van der Waals surface area contributed by atoms with Crippen molar-refractivity contribution < 1.29 is 12.9 Å². The van der Waals surface area contributed by atoms with Gasteiger partial charge in [0.1, 0.15) is 5.76 Å². The highest BCUT2D eigenvalue weighted by Crippen LogP contribution is 2.17. The summed E-state index contributed by atoms with van der Waals surface area (Å²) in [6.07, 6.45) is 0. The summed E-state index contributed by atoms with van der Waals surface area (Å²) >= 11 is 0.666. The van der Waals surface area contributed by atoms with Gasteiger partial charge in [-0.1, -0.05) is 16.5 Å². The Morgan fingerprint density at radius 2 is 2.05 bits per heavy atom. The Kier molecular flexibility index (Phi) is 3.61. The number of aryl methyl sites for hydroxylation is 3. The normalized spacial score (nSPS) is 11.9. The van der Waals surface area contributed by atoms with Crippen LogP contribution in [0.5, 0.6) is 0 Å². The van der Waals surface area contributed by atoms with Gasteiger partial charge >= 0.3 is 4.87 Å². The molecule has 9 heteroatoms. The summed E-state index contributed by atoms with van der Waals surface area (Å²) in [4.78, 5) is 13.2. The number of nitrogens with one attached hydrogen (secondary N) is 2. The van der Waals surface area contributed by atoms with Crippen molar-refractivity contribution in [3.05, 3.63) is 32.4 Å². The lowest BCUT2D eigenvalue weighted by Gasteiger charge is -2.04. The average Bonchev–Trinajstić information content (AvgIpc) is 2.81. The van der Waals surface area contributed by atoms with Crippen LogP contribution >= 0.6 is 11.3 Å². The van der Waals surface area contributed by atoms with E-state index in [1.807, 2.05) is 0 Å². The third kappa shape index (κ3) is 2.77. The monoisotopic (exact) mass is 303 g/mol. The van der Waals surface area contributed by atoms with Gasteiger partial charge in [0.05, 0.1) is 5.69 Å². The Balaban J connectivity index is 2.24. The van der Waals surface area contributed by atoms with Gasteiger partial charge in [0.2, 0.25) is 0 Å². The molecule has 0 aliphatic carbocycles. The largest absolute Gasteiger partial charge is 0.361 e. The first-order valence-electron chi connectivity index (χ1n) is 5.42. The smallest absolute Gasteiger partial charge is 0.305 e. The van der Waals surface area contributed by atoms with Gasteiger partial charge in [-0.25, -0.2) is 13.1 Å². The second-order valence-electron chi connectivity index (χ2n) is 4.05. The molecule has 0 aliphatic heterocycles. The van der Waals surface area contributed by atoms with E-state index in [1.165, 1.54) is 0 Å². The van der Waals surface area contributed by atoms with Gasteiger partial charge in [-0.05, 0) is 20.8 Å². The predicted octanol–water partition coefficient (Wildman–Crippen LogP) is 0.828. The fourth-order valence-corrected chi connectivity index (χ4v) is 3.97. The van der Waals surface area contributed by atoms with Crippen LogP contribution in [-0.2, 0) is 16.6 Å². The standard InChI is InChI=1S/C10H13N3O4S2/c1-5-8(7(3)17-13-5)4-11-19(15,16)9-6(2)12-10(14)18-9/h11H,4H2,1-3H3,(H,12,14). The topological polar surface area (TPSA) is 105 Å². The van der Waals surface area contributed by atoms with Crippen LogP contribution in [0.15, 0.2) is 13.5 Å². The average molecular weight is 303 g/mol. The lowest BCUT2D eigenvalue weighted by Crippen LogP contribution is -2.23. The molecule has 0 amide bonds. The van der Waals surface area contributed by atoms with Crippen LogP contribution in [0.2, 0.25) is 0 Å². The second kappa shape index (κ2) is 4.91. The van der Waals surface area contributed by atoms with Gasteiger partial charge in [-0.15, -0.1) is 0 Å². The lowest BCUT2D eigenvalue weighted by molar-refractivity contribution is 0.392. The second-order valence-corrected chi connectivity index (χ2v) is 7.00. The molecule has 2 heterocycles. The van der Waals surface area contributed by atoms with Crippen molar-refractivity contribution in [1.29, 1.82) is 0 Å². The minimum atomic E-state index is -3.71. The molecule has 0 bridgehead atoms. The number of sulfonamides is 1. The summed E-state index contributed by atoms with van der Waals surface area (Å²) in [6.45, 7) is 5.07. The van der Waals surface area contributed by atoms with E-state index in [-0.39, 0.29) is 10.8 Å². The van der Waals surface area contributed by atoms with E-state index in [9.17, 15) is 13.2 Å². The molecule has 2 aromatic rings. The van der Waals surface area contributed by atoms with Crippen LogP contribution in [0, 0.1) is 20.8 Å². The van der Waals surface area contributed by atoms with Crippen molar-refractivity contribution in [2.24, 2.45) is 0 Å². The molecule has 0 aromatic carbocycles. The van der Waals surface area contributed by atoms with Crippen molar-refractivity contribution in [3.63, 3.8) is 0 Å². The molecule has 2 rings (SSSR count). The van der Waals surface area contributed by atoms with Crippen molar-refractivity contribution in [2.45, 2.75) is 31.5 Å². The van der Waals surface area contributed by atoms with Gasteiger partial charge in [-0.3, -0.25) is 4.79 Å². The molecule has 0 radical (unpaired) electrons. The van der Waals surface area contributed by atoms with Gasteiger partial charge < -0.3 is 9.51 Å². The summed E-state index contributed by atoms with van der Waals surface area (Å²) in [5.74, 6) is 0.569. The first-order valence-corrected chi connectivity index (χ1v) is 7.72. The molecule has 0 saturated carbocycles. The summed E-state index contributed by atoms with van der Waals surface area (Å²) in [6, 6.07) is 0. The lowest BCUT2D eigenvalue weighted by atomic mass is 10.2. The van der Waals surface area contributed by atoms with Crippen LogP contribution in [-0.4, -0.2) is 18.6 Å². The third-order valence-electron chi connectivity index (χ3n) is 2.65. The van der Waals surface area contributed by atoms with E-state index in [2.05, 4.69) is 14.9 Å². The molecule has 0 spiro atoms. The molecule has 0 fully saturated rings. The molecular formula is C10H13N3O4S2. The van der Waals surface area contributed by atoms with E-state index in [0.717, 1.165) is 0 Å². The van der Waals surface area contributed by atoms with E-state index in [0.29, 0.717) is 34.0 Å². The number of aromatic amines is 1. The molecule has 7 nitrogen and oxygen atoms in total. The van der Waals surface area contributed by atoms with Crippen molar-refractivity contribution in [1.82, 2.24) is 14.9 Å². The number of thiazole rings is 1. The predicted molar refractivity (Wildman–Crippen MR) is 69.7 cm³/mol. The molecule has 19 heavy (non-hydrogen) atoms. The maximum Gasteiger partial charge on any atom is 0.305 e. The Morgan fingerprint density at radius 1 is 1.37 bits per heavy atom. The third-order valence-corrected chi connectivity index (χ3v) is 5.65. The fourth-order valence-electron chi connectivity index (χ4n) is 1.63. The number of H-pyrrole nitrogens is 1. The molecule has 104 valence electrons. The van der Waals surface area contributed by atoms with Crippen LogP contribution in [0.4, 0.5) is 0 Å². The molecule has 0 aliphatic rings. The summed E-state index contributed by atoms with van der Waals surface area (Å²) in [7, 11) is -3.71. The van der Waals surface area contributed by atoms with Crippen molar-refractivity contribution >= 4 is 21.4 Å². The van der Waals surface area contributed by atoms with E-state index in [1.54, 1.807) is 20.8 Å². The summed E-state index contributed by atoms with van der Waals surface area (Å²) in [5.41, 5.74) is 1.67. The number of hydrogen-bond acceptors (Lipinski definition) is 6. The highest BCUT2D eigenvalue weighted by molar-refractivity contribution is 7.91. The maximum absolute atomic E-state index is 12.1. The van der Waals surface area contributed by atoms with Crippen LogP contribution in [0.25, 0.3) is 0 Å². The first kappa shape index (κ1) is 14.0. The van der Waals surface area contributed by atoms with Gasteiger partial charge in [0, 0.05) is 17.8 Å². The molecule has 2 aromatic heterocycles. The summed E-state index contributed by atoms with van der Waals surface area (Å²) < 4.78 is 31.5. The number of hydrogen-bond donors (Lipinski definition) is 2. The number of aromatic nitrogens is 2. The van der Waals surface area contributed by atoms with Crippen LogP contribution in [0.1, 0.15) is 22.7 Å². The molecule has 0 saturated heterocycles. The summed E-state index contributed by atoms with van der Waals surface area (Å²) in [5, 5.41) is 3.75. The number of rotatable bonds is 4. The number of nitrogens with zero attached hydrogens (tertiary/aromatic N) is 1. The molecular weight excluding hydrogens is 290 g/mol. The highest BCUT2D eigenvalue weighted by atomic mass is 32.2. The minimum Gasteiger partial charge on any atom is -0.361 e. The van der Waals surface area contributed by atoms with Crippen LogP contribution in [0.3, 0.4) is 0 Å². The maximum atomic E-state index is 12.1. The van der Waals surface area contributed by atoms with Gasteiger partial charge in [0.25, 0.3) is 10.0 Å². The first-order chi connectivity index (χ1) is 8.81. The van der Waals surface area contributed by atoms with Crippen molar-refractivity contribution in [2.75, 3.05) is 0 Å². The Hall–Kier alpha value is -1.45. The van der Waals surface area contributed by atoms with Gasteiger partial charge in [0.15, 0.2) is 4.21 Å². The highest BCUT2D eigenvalue weighted by Gasteiger charge is 2.21. The quantitative estimate of drug-likeness (QED) is 0.870. The van der Waals surface area contributed by atoms with E-state index >= 15 is 0 Å². The zero-order valence-electron chi connectivity index (χ0n) is 10.6. The Bertz CT molecular complexity index is 735. The minimum absolute atomic E-state index is 0.00394. The fraction of sp³-hybridized carbons (Fsp3) is 0.400. The zero-order chi connectivity index (χ0) is 14.2. The van der Waals surface area contributed by atoms with Crippen LogP contribution < -0.4 is 9.60 Å². The molecule has 0 unspecified atom stereocenters. The SMILES string of the molecule is Cc1noc(C)c1CNS(=O)(=O)c1sc(=O)[nH]c1C. The molecule has 0 atom stereocenters. The van der Waals surface area contributed by atoms with Gasteiger partial charge in [-0.2, -0.15) is 0 Å².